The van der Waals surface area contributed by atoms with Crippen molar-refractivity contribution in [2.24, 2.45) is 0 Å². The van der Waals surface area contributed by atoms with Crippen LogP contribution in [-0.4, -0.2) is 65.7 Å². The molecule has 1 unspecified atom stereocenters. The van der Waals surface area contributed by atoms with Gasteiger partial charge in [0.05, 0.1) is 19.8 Å². The molecule has 3 atom stereocenters. The first kappa shape index (κ1) is 46.0. The third-order valence-corrected chi connectivity index (χ3v) is 9.21. The smallest absolute Gasteiger partial charge is 0.462 e. The van der Waals surface area contributed by atoms with Crippen molar-refractivity contribution in [2.45, 2.75) is 193 Å². The number of phosphoric acid groups is 1. The molecule has 0 aromatic heterocycles. The number of aliphatic hydroxyl groups is 2. The van der Waals surface area contributed by atoms with Gasteiger partial charge in [0, 0.05) is 12.8 Å². The van der Waals surface area contributed by atoms with E-state index >= 15 is 0 Å². The maximum absolute atomic E-state index is 12.5. The van der Waals surface area contributed by atoms with E-state index in [1.807, 2.05) is 0 Å². The molecule has 0 amide bonds. The highest BCUT2D eigenvalue weighted by Crippen LogP contribution is 2.43. The molecule has 0 heterocycles. The maximum Gasteiger partial charge on any atom is 0.472 e. The molecule has 0 aliphatic carbocycles. The first-order chi connectivity index (χ1) is 22.7. The highest BCUT2D eigenvalue weighted by molar-refractivity contribution is 7.47. The number of carbonyl (C=O) groups excluding carboxylic acids is 2. The maximum atomic E-state index is 12.5. The highest BCUT2D eigenvalue weighted by Gasteiger charge is 2.27. The second-order valence-corrected chi connectivity index (χ2v) is 14.4. The van der Waals surface area contributed by atoms with Gasteiger partial charge in [-0.25, -0.2) is 4.57 Å². The molecule has 0 saturated carbocycles. The zero-order valence-electron chi connectivity index (χ0n) is 30.0. The number of aliphatic hydroxyl groups excluding tert-OH is 2. The number of rotatable bonds is 36. The summed E-state index contributed by atoms with van der Waals surface area (Å²) in [4.78, 5) is 34.7. The molecule has 0 aliphatic rings. The molecule has 0 bridgehead atoms. The van der Waals surface area contributed by atoms with Gasteiger partial charge in [-0.1, -0.05) is 155 Å². The van der Waals surface area contributed by atoms with Crippen LogP contribution in [-0.2, 0) is 32.7 Å². The number of ether oxygens (including phenoxy) is 2. The molecule has 0 aromatic rings. The summed E-state index contributed by atoms with van der Waals surface area (Å²) >= 11 is 0. The Labute approximate surface area is 286 Å². The number of phosphoric ester groups is 1. The minimum atomic E-state index is -4.60. The molecule has 10 nitrogen and oxygen atoms in total. The fraction of sp³-hybridized carbons (Fsp3) is 0.944. The average molecular weight is 695 g/mol. The molecule has 0 saturated heterocycles. The number of esters is 2. The lowest BCUT2D eigenvalue weighted by atomic mass is 10.0. The highest BCUT2D eigenvalue weighted by atomic mass is 31.2. The average Bonchev–Trinajstić information content (AvgIpc) is 3.05. The Bertz CT molecular complexity index is 766. The summed E-state index contributed by atoms with van der Waals surface area (Å²) in [6, 6.07) is 0. The summed E-state index contributed by atoms with van der Waals surface area (Å²) in [6.45, 7) is 2.36. The van der Waals surface area contributed by atoms with Gasteiger partial charge in [0.25, 0.3) is 0 Å². The molecule has 0 aromatic carbocycles. The van der Waals surface area contributed by atoms with Crippen LogP contribution in [0.5, 0.6) is 0 Å². The lowest BCUT2D eigenvalue weighted by molar-refractivity contribution is -0.161. The molecule has 11 heteroatoms. The standard InChI is InChI=1S/C36H71O10P/c1-3-5-7-9-11-13-14-15-16-17-18-20-21-23-25-27-35(39)43-31-34(32-45-47(41,42)44-30-33(38)29-37)46-36(40)28-26-24-22-19-12-10-8-6-4-2/h33-34,37-38H,3-32H2,1-2H3,(H,41,42)/t33-,34+/m0/s1. The van der Waals surface area contributed by atoms with E-state index in [2.05, 4.69) is 18.4 Å². The van der Waals surface area contributed by atoms with Crippen LogP contribution in [0.1, 0.15) is 181 Å². The third-order valence-electron chi connectivity index (χ3n) is 8.26. The Hall–Kier alpha value is -1.03. The summed E-state index contributed by atoms with van der Waals surface area (Å²) < 4.78 is 32.5. The van der Waals surface area contributed by atoms with E-state index in [4.69, 9.17) is 19.1 Å². The van der Waals surface area contributed by atoms with Crippen molar-refractivity contribution < 1.29 is 47.8 Å². The Morgan fingerprint density at radius 1 is 0.553 bits per heavy atom. The zero-order valence-corrected chi connectivity index (χ0v) is 30.9. The Balaban J connectivity index is 4.28. The molecule has 3 N–H and O–H groups in total. The third kappa shape index (κ3) is 33.3. The number of carbonyl (C=O) groups is 2. The first-order valence-corrected chi connectivity index (χ1v) is 20.5. The Morgan fingerprint density at radius 2 is 0.915 bits per heavy atom. The van der Waals surface area contributed by atoms with Gasteiger partial charge >= 0.3 is 19.8 Å². The van der Waals surface area contributed by atoms with E-state index < -0.39 is 51.8 Å². The minimum Gasteiger partial charge on any atom is -0.462 e. The van der Waals surface area contributed by atoms with Gasteiger partial charge in [0.2, 0.25) is 0 Å². The van der Waals surface area contributed by atoms with Gasteiger partial charge in [-0.15, -0.1) is 0 Å². The van der Waals surface area contributed by atoms with E-state index in [0.717, 1.165) is 32.1 Å². The van der Waals surface area contributed by atoms with E-state index in [1.54, 1.807) is 0 Å². The lowest BCUT2D eigenvalue weighted by Crippen LogP contribution is -2.29. The van der Waals surface area contributed by atoms with Crippen LogP contribution >= 0.6 is 7.82 Å². The van der Waals surface area contributed by atoms with E-state index in [-0.39, 0.29) is 19.4 Å². The van der Waals surface area contributed by atoms with Crippen molar-refractivity contribution in [3.05, 3.63) is 0 Å². The van der Waals surface area contributed by atoms with Crippen molar-refractivity contribution >= 4 is 19.8 Å². The summed E-state index contributed by atoms with van der Waals surface area (Å²) in [5, 5.41) is 18.2. The summed E-state index contributed by atoms with van der Waals surface area (Å²) in [5.41, 5.74) is 0. The Morgan fingerprint density at radius 3 is 1.32 bits per heavy atom. The second kappa shape index (κ2) is 33.5. The van der Waals surface area contributed by atoms with Crippen molar-refractivity contribution in [2.75, 3.05) is 26.4 Å². The van der Waals surface area contributed by atoms with Crippen molar-refractivity contribution in [3.8, 4) is 0 Å². The molecule has 0 rings (SSSR count). The van der Waals surface area contributed by atoms with Crippen LogP contribution in [0.4, 0.5) is 0 Å². The number of hydrogen-bond acceptors (Lipinski definition) is 9. The van der Waals surface area contributed by atoms with E-state index in [9.17, 15) is 24.2 Å². The van der Waals surface area contributed by atoms with Crippen molar-refractivity contribution in [1.29, 1.82) is 0 Å². The molecular weight excluding hydrogens is 623 g/mol. The minimum absolute atomic E-state index is 0.190. The molecule has 0 spiro atoms. The van der Waals surface area contributed by atoms with Crippen molar-refractivity contribution in [3.63, 3.8) is 0 Å². The van der Waals surface area contributed by atoms with Crippen LogP contribution in [0.15, 0.2) is 0 Å². The fourth-order valence-corrected chi connectivity index (χ4v) is 6.08. The molecule has 0 fully saturated rings. The van der Waals surface area contributed by atoms with Crippen molar-refractivity contribution in [1.82, 2.24) is 0 Å². The van der Waals surface area contributed by atoms with Gasteiger partial charge < -0.3 is 24.6 Å². The van der Waals surface area contributed by atoms with Gasteiger partial charge in [0.15, 0.2) is 6.10 Å². The van der Waals surface area contributed by atoms with Gasteiger partial charge in [-0.2, -0.15) is 0 Å². The predicted molar refractivity (Wildman–Crippen MR) is 187 cm³/mol. The first-order valence-electron chi connectivity index (χ1n) is 19.0. The van der Waals surface area contributed by atoms with Gasteiger partial charge in [-0.3, -0.25) is 18.6 Å². The summed E-state index contributed by atoms with van der Waals surface area (Å²) in [6.07, 6.45) is 26.5. The molecule has 47 heavy (non-hydrogen) atoms. The summed E-state index contributed by atoms with van der Waals surface area (Å²) in [7, 11) is -4.60. The molecule has 280 valence electrons. The molecular formula is C36H71O10P. The zero-order chi connectivity index (χ0) is 34.9. The number of unbranched alkanes of at least 4 members (excludes halogenated alkanes) is 22. The normalized spacial score (nSPS) is 14.1. The van der Waals surface area contributed by atoms with Crippen LogP contribution in [0.25, 0.3) is 0 Å². The van der Waals surface area contributed by atoms with Gasteiger partial charge in [-0.05, 0) is 12.8 Å². The molecule has 0 radical (unpaired) electrons. The second-order valence-electron chi connectivity index (χ2n) is 13.0. The van der Waals surface area contributed by atoms with Gasteiger partial charge in [0.1, 0.15) is 12.7 Å². The van der Waals surface area contributed by atoms with E-state index in [0.29, 0.717) is 12.8 Å². The largest absolute Gasteiger partial charge is 0.472 e. The van der Waals surface area contributed by atoms with Crippen LogP contribution in [0.2, 0.25) is 0 Å². The SMILES string of the molecule is CCCCCCCCCCCCCCCCCC(=O)OC[C@H](COP(=O)(O)OC[C@@H](O)CO)OC(=O)CCCCCCCCCCC. The van der Waals surface area contributed by atoms with Crippen LogP contribution in [0.3, 0.4) is 0 Å². The topological polar surface area (TPSA) is 149 Å². The Kier molecular flexibility index (Phi) is 32.7. The predicted octanol–water partition coefficient (Wildman–Crippen LogP) is 9.11. The lowest BCUT2D eigenvalue weighted by Gasteiger charge is -2.20. The summed E-state index contributed by atoms with van der Waals surface area (Å²) in [5.74, 6) is -0.918. The molecule has 0 aliphatic heterocycles. The number of hydrogen-bond donors (Lipinski definition) is 3. The fourth-order valence-electron chi connectivity index (χ4n) is 5.29. The monoisotopic (exact) mass is 694 g/mol. The van der Waals surface area contributed by atoms with E-state index in [1.165, 1.54) is 109 Å². The van der Waals surface area contributed by atoms with Crippen LogP contribution in [0, 0.1) is 0 Å². The van der Waals surface area contributed by atoms with Crippen LogP contribution < -0.4 is 0 Å². The quantitative estimate of drug-likeness (QED) is 0.0329.